The van der Waals surface area contributed by atoms with Gasteiger partial charge in [-0.15, -0.1) is 0 Å². The molecule has 2 N–H and O–H groups in total. The first-order valence-electron chi connectivity index (χ1n) is 15.3. The zero-order chi connectivity index (χ0) is 29.9. The van der Waals surface area contributed by atoms with Gasteiger partial charge in [-0.1, -0.05) is 78.9 Å². The lowest BCUT2D eigenvalue weighted by atomic mass is 10.0. The van der Waals surface area contributed by atoms with Gasteiger partial charge in [0.05, 0.1) is 24.3 Å². The molecule has 2 saturated heterocycles. The summed E-state index contributed by atoms with van der Waals surface area (Å²) in [5, 5.41) is 3.64. The number of ether oxygens (including phenoxy) is 2. The number of H-pyrrole nitrogens is 1. The van der Waals surface area contributed by atoms with Crippen molar-refractivity contribution in [1.82, 2.24) is 15.3 Å². The number of hydrogen-bond donors (Lipinski definition) is 2. The smallest absolute Gasteiger partial charge is 0.253 e. The van der Waals surface area contributed by atoms with Crippen LogP contribution < -0.4 is 15.1 Å². The molecule has 0 aliphatic carbocycles. The third-order valence-corrected chi connectivity index (χ3v) is 8.72. The largest absolute Gasteiger partial charge is 0.371 e. The zero-order valence-electron chi connectivity index (χ0n) is 25.0. The van der Waals surface area contributed by atoms with Crippen molar-refractivity contribution in [2.75, 3.05) is 43.2 Å². The van der Waals surface area contributed by atoms with Crippen molar-refractivity contribution in [3.05, 3.63) is 114 Å². The number of carbonyl (C=O) groups excluding carboxylic acids is 1. The summed E-state index contributed by atoms with van der Waals surface area (Å²) in [7, 11) is 1.66. The molecule has 8 heteroatoms. The molecule has 7 rings (SSSR count). The van der Waals surface area contributed by atoms with Crippen LogP contribution in [0.15, 0.2) is 97.2 Å². The van der Waals surface area contributed by atoms with E-state index in [1.807, 2.05) is 12.1 Å². The van der Waals surface area contributed by atoms with E-state index < -0.39 is 5.79 Å². The molecule has 0 radical (unpaired) electrons. The number of amides is 1. The summed E-state index contributed by atoms with van der Waals surface area (Å²) in [6.07, 6.45) is 3.36. The minimum Gasteiger partial charge on any atom is -0.371 e. The maximum Gasteiger partial charge on any atom is 0.253 e. The number of fused-ring (bicyclic) bond motifs is 1. The fraction of sp³-hybridized carbons (Fsp3) is 0.278. The van der Waals surface area contributed by atoms with Gasteiger partial charge in [0.2, 0.25) is 0 Å². The summed E-state index contributed by atoms with van der Waals surface area (Å²) in [5.41, 5.74) is 6.93. The first-order valence-corrected chi connectivity index (χ1v) is 15.3. The third kappa shape index (κ3) is 5.54. The van der Waals surface area contributed by atoms with E-state index >= 15 is 0 Å². The van der Waals surface area contributed by atoms with Crippen molar-refractivity contribution < 1.29 is 14.3 Å². The highest BCUT2D eigenvalue weighted by atomic mass is 16.7. The lowest BCUT2D eigenvalue weighted by Crippen LogP contribution is -2.45. The van der Waals surface area contributed by atoms with E-state index in [0.717, 1.165) is 59.6 Å². The van der Waals surface area contributed by atoms with Crippen molar-refractivity contribution in [3.63, 3.8) is 0 Å². The van der Waals surface area contributed by atoms with Crippen molar-refractivity contribution in [2.24, 2.45) is 0 Å². The van der Waals surface area contributed by atoms with Gasteiger partial charge in [-0.3, -0.25) is 4.79 Å². The van der Waals surface area contributed by atoms with Crippen LogP contribution in [-0.2, 0) is 22.6 Å². The maximum absolute atomic E-state index is 13.1. The average molecular weight is 588 g/mol. The molecular formula is C36H37N5O3. The Balaban J connectivity index is 1.31. The number of benzene rings is 3. The van der Waals surface area contributed by atoms with E-state index in [1.165, 1.54) is 11.1 Å². The molecule has 2 aliphatic rings. The van der Waals surface area contributed by atoms with Gasteiger partial charge in [0.15, 0.2) is 11.6 Å². The molecule has 0 saturated carbocycles. The molecular weight excluding hydrogens is 550 g/mol. The second-order valence-electron chi connectivity index (χ2n) is 11.5. The molecule has 3 aromatic carbocycles. The van der Waals surface area contributed by atoms with Gasteiger partial charge in [0.1, 0.15) is 0 Å². The molecule has 0 bridgehead atoms. The number of rotatable bonds is 8. The van der Waals surface area contributed by atoms with E-state index in [-0.39, 0.29) is 5.91 Å². The summed E-state index contributed by atoms with van der Waals surface area (Å²) >= 11 is 0. The molecule has 0 atom stereocenters. The van der Waals surface area contributed by atoms with Crippen molar-refractivity contribution in [1.29, 1.82) is 0 Å². The van der Waals surface area contributed by atoms with Crippen LogP contribution >= 0.6 is 0 Å². The fourth-order valence-corrected chi connectivity index (χ4v) is 6.47. The third-order valence-electron chi connectivity index (χ3n) is 8.72. The van der Waals surface area contributed by atoms with Gasteiger partial charge in [0.25, 0.3) is 5.91 Å². The van der Waals surface area contributed by atoms with Crippen LogP contribution in [0.3, 0.4) is 0 Å². The Kier molecular flexibility index (Phi) is 7.77. The summed E-state index contributed by atoms with van der Waals surface area (Å²) in [6, 6.07) is 31.4. The Labute approximate surface area is 257 Å². The number of hydrogen-bond acceptors (Lipinski definition) is 6. The van der Waals surface area contributed by atoms with E-state index in [0.29, 0.717) is 31.9 Å². The van der Waals surface area contributed by atoms with Crippen LogP contribution in [0.2, 0.25) is 0 Å². The average Bonchev–Trinajstić information content (AvgIpc) is 3.73. The van der Waals surface area contributed by atoms with Crippen LogP contribution in [0.25, 0.3) is 22.2 Å². The lowest BCUT2D eigenvalue weighted by molar-refractivity contribution is -0.169. The number of anilines is 2. The highest BCUT2D eigenvalue weighted by molar-refractivity contribution is 6.10. The Morgan fingerprint density at radius 3 is 2.16 bits per heavy atom. The molecule has 5 aromatic rings. The summed E-state index contributed by atoms with van der Waals surface area (Å²) < 4.78 is 12.0. The number of carbonyl (C=O) groups is 1. The first kappa shape index (κ1) is 28.1. The number of aromatic amines is 1. The van der Waals surface area contributed by atoms with Gasteiger partial charge in [-0.2, -0.15) is 0 Å². The van der Waals surface area contributed by atoms with Gasteiger partial charge in [0, 0.05) is 74.6 Å². The van der Waals surface area contributed by atoms with Crippen LogP contribution in [-0.4, -0.2) is 55.0 Å². The van der Waals surface area contributed by atoms with Gasteiger partial charge >= 0.3 is 0 Å². The molecule has 1 amide bonds. The molecule has 4 heterocycles. The molecule has 8 nitrogen and oxygen atoms in total. The Hall–Kier alpha value is -4.66. The first-order chi connectivity index (χ1) is 21.6. The second kappa shape index (κ2) is 12.1. The number of nitrogens with one attached hydrogen (secondary N) is 2. The molecule has 44 heavy (non-hydrogen) atoms. The number of piperidine rings is 1. The maximum atomic E-state index is 13.1. The van der Waals surface area contributed by atoms with Crippen LogP contribution in [0.4, 0.5) is 11.5 Å². The molecule has 224 valence electrons. The summed E-state index contributed by atoms with van der Waals surface area (Å²) in [5.74, 6) is 0.208. The highest BCUT2D eigenvalue weighted by Crippen LogP contribution is 2.39. The van der Waals surface area contributed by atoms with E-state index in [4.69, 9.17) is 14.5 Å². The Bertz CT molecular complexity index is 1700. The van der Waals surface area contributed by atoms with E-state index in [9.17, 15) is 4.79 Å². The standard InChI is InChI=1S/C36H37N5O3/c1-37-35(42)30-23-38-34(41(24-26-10-4-2-5-11-26)25-27-12-6-3-7-13-27)33-29(30)22-31(39-33)28-14-8-9-15-32(28)40-18-16-36(17-19-40)43-20-21-44-36/h2-15,22-23,39H,16-21,24-25H2,1H3,(H,37,42). The minimum absolute atomic E-state index is 0.163. The predicted octanol–water partition coefficient (Wildman–Crippen LogP) is 6.14. The summed E-state index contributed by atoms with van der Waals surface area (Å²) in [6.45, 7) is 4.36. The van der Waals surface area contributed by atoms with Crippen LogP contribution in [0.5, 0.6) is 0 Å². The van der Waals surface area contributed by atoms with Crippen molar-refractivity contribution >= 4 is 28.3 Å². The number of nitrogens with zero attached hydrogens (tertiary/aromatic N) is 3. The quantitative estimate of drug-likeness (QED) is 0.227. The molecule has 1 spiro atoms. The van der Waals surface area contributed by atoms with Gasteiger partial charge in [-0.05, 0) is 23.3 Å². The highest BCUT2D eigenvalue weighted by Gasteiger charge is 2.40. The molecule has 0 unspecified atom stereocenters. The normalized spacial score (nSPS) is 16.0. The zero-order valence-corrected chi connectivity index (χ0v) is 25.0. The number of pyridine rings is 1. The number of para-hydroxylation sites is 1. The topological polar surface area (TPSA) is 82.7 Å². The second-order valence-corrected chi connectivity index (χ2v) is 11.5. The Morgan fingerprint density at radius 2 is 1.52 bits per heavy atom. The molecule has 2 aliphatic heterocycles. The predicted molar refractivity (Wildman–Crippen MR) is 174 cm³/mol. The van der Waals surface area contributed by atoms with Crippen LogP contribution in [0, 0.1) is 0 Å². The van der Waals surface area contributed by atoms with Gasteiger partial charge in [-0.25, -0.2) is 4.98 Å². The minimum atomic E-state index is -0.434. The van der Waals surface area contributed by atoms with Crippen molar-refractivity contribution in [3.8, 4) is 11.3 Å². The van der Waals surface area contributed by atoms with E-state index in [1.54, 1.807) is 13.2 Å². The fourth-order valence-electron chi connectivity index (χ4n) is 6.47. The lowest BCUT2D eigenvalue weighted by Gasteiger charge is -2.39. The Morgan fingerprint density at radius 1 is 0.909 bits per heavy atom. The van der Waals surface area contributed by atoms with Crippen LogP contribution in [0.1, 0.15) is 34.3 Å². The monoisotopic (exact) mass is 587 g/mol. The van der Waals surface area contributed by atoms with Gasteiger partial charge < -0.3 is 29.6 Å². The number of aromatic nitrogens is 2. The molecule has 2 aromatic heterocycles. The van der Waals surface area contributed by atoms with E-state index in [2.05, 4.69) is 99.0 Å². The summed E-state index contributed by atoms with van der Waals surface area (Å²) in [4.78, 5) is 26.4. The SMILES string of the molecule is CNC(=O)c1cnc(N(Cc2ccccc2)Cc2ccccc2)c2[nH]c(-c3ccccc3N3CCC4(CC3)OCCO4)cc12. The van der Waals surface area contributed by atoms with Crippen molar-refractivity contribution in [2.45, 2.75) is 31.7 Å². The molecule has 2 fully saturated rings.